The Labute approximate surface area is 157 Å². The van der Waals surface area contributed by atoms with Gasteiger partial charge in [0.05, 0.1) is 17.2 Å². The summed E-state index contributed by atoms with van der Waals surface area (Å²) in [5, 5.41) is 18.8. The maximum atomic E-state index is 10.8. The number of para-hydroxylation sites is 1. The minimum atomic E-state index is -0.402. The normalized spacial score (nSPS) is 10.7. The first kappa shape index (κ1) is 18.6. The van der Waals surface area contributed by atoms with Gasteiger partial charge in [0.15, 0.2) is 0 Å². The van der Waals surface area contributed by atoms with Crippen LogP contribution >= 0.6 is 0 Å². The highest BCUT2D eigenvalue weighted by molar-refractivity contribution is 5.64. The number of benzene rings is 2. The van der Waals surface area contributed by atoms with E-state index in [1.54, 1.807) is 16.8 Å². The Bertz CT molecular complexity index is 919. The smallest absolute Gasteiger partial charge is 0.269 e. The molecular formula is C20H22N4O3. The van der Waals surface area contributed by atoms with E-state index in [1.807, 2.05) is 44.4 Å². The fraction of sp³-hybridized carbons (Fsp3) is 0.250. The third kappa shape index (κ3) is 4.51. The molecule has 0 atom stereocenters. The zero-order valence-electron chi connectivity index (χ0n) is 15.4. The van der Waals surface area contributed by atoms with Crippen molar-refractivity contribution in [2.75, 3.05) is 6.61 Å². The van der Waals surface area contributed by atoms with Crippen molar-refractivity contribution < 1.29 is 9.66 Å². The molecule has 1 aromatic heterocycles. The first-order valence-electron chi connectivity index (χ1n) is 8.77. The van der Waals surface area contributed by atoms with Crippen molar-refractivity contribution in [3.8, 4) is 17.0 Å². The Morgan fingerprint density at radius 3 is 2.52 bits per heavy atom. The predicted molar refractivity (Wildman–Crippen MR) is 103 cm³/mol. The van der Waals surface area contributed by atoms with E-state index in [0.717, 1.165) is 28.1 Å². The molecule has 1 N–H and O–H groups in total. The van der Waals surface area contributed by atoms with Crippen molar-refractivity contribution in [3.05, 3.63) is 76.0 Å². The second kappa shape index (κ2) is 8.46. The monoisotopic (exact) mass is 366 g/mol. The maximum Gasteiger partial charge on any atom is 0.269 e. The van der Waals surface area contributed by atoms with Gasteiger partial charge in [-0.2, -0.15) is 5.10 Å². The molecule has 0 saturated carbocycles. The molecule has 0 aliphatic heterocycles. The first-order chi connectivity index (χ1) is 13.1. The lowest BCUT2D eigenvalue weighted by Gasteiger charge is -2.11. The highest BCUT2D eigenvalue weighted by Gasteiger charge is 2.12. The predicted octanol–water partition coefficient (Wildman–Crippen LogP) is 3.68. The van der Waals surface area contributed by atoms with Gasteiger partial charge in [-0.1, -0.05) is 18.2 Å². The average molecular weight is 366 g/mol. The van der Waals surface area contributed by atoms with E-state index in [1.165, 1.54) is 12.1 Å². The van der Waals surface area contributed by atoms with Gasteiger partial charge in [-0.3, -0.25) is 14.8 Å². The topological polar surface area (TPSA) is 82.2 Å². The van der Waals surface area contributed by atoms with E-state index >= 15 is 0 Å². The second-order valence-corrected chi connectivity index (χ2v) is 6.12. The summed E-state index contributed by atoms with van der Waals surface area (Å²) in [6.07, 6.45) is 1.96. The second-order valence-electron chi connectivity index (χ2n) is 6.12. The molecule has 2 aromatic carbocycles. The van der Waals surface area contributed by atoms with Crippen molar-refractivity contribution in [2.24, 2.45) is 7.05 Å². The number of nitrogens with zero attached hydrogens (tertiary/aromatic N) is 3. The molecule has 0 saturated heterocycles. The summed E-state index contributed by atoms with van der Waals surface area (Å²) in [5.41, 5.74) is 3.87. The molecule has 0 unspecified atom stereocenters. The van der Waals surface area contributed by atoms with Crippen LogP contribution in [0.5, 0.6) is 5.75 Å². The molecule has 7 nitrogen and oxygen atoms in total. The first-order valence-corrected chi connectivity index (χ1v) is 8.77. The molecule has 0 fully saturated rings. The van der Waals surface area contributed by atoms with E-state index < -0.39 is 4.92 Å². The van der Waals surface area contributed by atoms with Gasteiger partial charge < -0.3 is 10.1 Å². The molecule has 0 aliphatic rings. The summed E-state index contributed by atoms with van der Waals surface area (Å²) >= 11 is 0. The third-order valence-corrected chi connectivity index (χ3v) is 4.16. The summed E-state index contributed by atoms with van der Waals surface area (Å²) in [6.45, 7) is 3.89. The fourth-order valence-corrected chi connectivity index (χ4v) is 2.93. The van der Waals surface area contributed by atoms with Crippen LogP contribution in [0.2, 0.25) is 0 Å². The van der Waals surface area contributed by atoms with Crippen LogP contribution in [0.4, 0.5) is 5.69 Å². The number of ether oxygens (including phenoxy) is 1. The number of non-ortho nitro benzene ring substituents is 1. The number of hydrogen-bond acceptors (Lipinski definition) is 5. The molecule has 3 rings (SSSR count). The summed E-state index contributed by atoms with van der Waals surface area (Å²) in [4.78, 5) is 10.4. The molecule has 0 bridgehead atoms. The number of hydrogen-bond donors (Lipinski definition) is 1. The Hall–Kier alpha value is -3.19. The summed E-state index contributed by atoms with van der Waals surface area (Å²) in [6, 6.07) is 14.4. The SMILES string of the molecule is CCOc1ccccc1CNCc1cn(C)nc1-c1ccc([N+](=O)[O-])cc1. The number of aromatic nitrogens is 2. The molecule has 7 heteroatoms. The largest absolute Gasteiger partial charge is 0.494 e. The summed E-state index contributed by atoms with van der Waals surface area (Å²) < 4.78 is 7.41. The number of nitro groups is 1. The molecule has 140 valence electrons. The number of nitrogens with one attached hydrogen (secondary N) is 1. The van der Waals surface area contributed by atoms with Gasteiger partial charge in [0.25, 0.3) is 5.69 Å². The fourth-order valence-electron chi connectivity index (χ4n) is 2.93. The van der Waals surface area contributed by atoms with E-state index in [0.29, 0.717) is 19.7 Å². The van der Waals surface area contributed by atoms with Crippen LogP contribution in [-0.2, 0) is 20.1 Å². The van der Waals surface area contributed by atoms with Gasteiger partial charge >= 0.3 is 0 Å². The van der Waals surface area contributed by atoms with E-state index in [-0.39, 0.29) is 5.69 Å². The van der Waals surface area contributed by atoms with Crippen molar-refractivity contribution >= 4 is 5.69 Å². The summed E-state index contributed by atoms with van der Waals surface area (Å²) in [7, 11) is 1.86. The van der Waals surface area contributed by atoms with Gasteiger partial charge in [-0.25, -0.2) is 0 Å². The number of rotatable bonds is 8. The van der Waals surface area contributed by atoms with E-state index in [2.05, 4.69) is 10.4 Å². The Morgan fingerprint density at radius 2 is 1.81 bits per heavy atom. The highest BCUT2D eigenvalue weighted by Crippen LogP contribution is 2.25. The highest BCUT2D eigenvalue weighted by atomic mass is 16.6. The van der Waals surface area contributed by atoms with E-state index in [4.69, 9.17) is 4.74 Å². The molecular weight excluding hydrogens is 344 g/mol. The molecule has 0 aliphatic carbocycles. The Morgan fingerprint density at radius 1 is 1.11 bits per heavy atom. The molecule has 0 radical (unpaired) electrons. The lowest BCUT2D eigenvalue weighted by Crippen LogP contribution is -2.14. The Balaban J connectivity index is 1.72. The van der Waals surface area contributed by atoms with E-state index in [9.17, 15) is 10.1 Å². The van der Waals surface area contributed by atoms with Crippen LogP contribution in [0, 0.1) is 10.1 Å². The lowest BCUT2D eigenvalue weighted by atomic mass is 10.1. The molecule has 27 heavy (non-hydrogen) atoms. The quantitative estimate of drug-likeness (QED) is 0.486. The maximum absolute atomic E-state index is 10.8. The summed E-state index contributed by atoms with van der Waals surface area (Å²) in [5.74, 6) is 0.884. The van der Waals surface area contributed by atoms with Crippen LogP contribution in [0.25, 0.3) is 11.3 Å². The van der Waals surface area contributed by atoms with Gasteiger partial charge in [0.2, 0.25) is 0 Å². The van der Waals surface area contributed by atoms with Crippen LogP contribution in [0.15, 0.2) is 54.7 Å². The molecule has 0 amide bonds. The van der Waals surface area contributed by atoms with Gasteiger partial charge in [0, 0.05) is 55.2 Å². The zero-order valence-corrected chi connectivity index (χ0v) is 15.4. The van der Waals surface area contributed by atoms with Crippen molar-refractivity contribution in [1.29, 1.82) is 0 Å². The lowest BCUT2D eigenvalue weighted by molar-refractivity contribution is -0.384. The molecule has 3 aromatic rings. The number of nitro benzene ring substituents is 1. The molecule has 1 heterocycles. The van der Waals surface area contributed by atoms with Gasteiger partial charge in [0.1, 0.15) is 5.75 Å². The third-order valence-electron chi connectivity index (χ3n) is 4.16. The minimum absolute atomic E-state index is 0.0712. The van der Waals surface area contributed by atoms with Crippen molar-refractivity contribution in [2.45, 2.75) is 20.0 Å². The van der Waals surface area contributed by atoms with Gasteiger partial charge in [-0.15, -0.1) is 0 Å². The van der Waals surface area contributed by atoms with Crippen LogP contribution in [0.1, 0.15) is 18.1 Å². The van der Waals surface area contributed by atoms with Crippen LogP contribution in [-0.4, -0.2) is 21.3 Å². The Kier molecular flexibility index (Phi) is 5.83. The minimum Gasteiger partial charge on any atom is -0.494 e. The standard InChI is InChI=1S/C20H22N4O3/c1-3-27-19-7-5-4-6-16(19)12-21-13-17-14-23(2)22-20(17)15-8-10-18(11-9-15)24(25)26/h4-11,14,21H,3,12-13H2,1-2H3. The van der Waals surface area contributed by atoms with Crippen molar-refractivity contribution in [3.63, 3.8) is 0 Å². The van der Waals surface area contributed by atoms with Crippen molar-refractivity contribution in [1.82, 2.24) is 15.1 Å². The zero-order chi connectivity index (χ0) is 19.2. The average Bonchev–Trinajstić information content (AvgIpc) is 3.04. The van der Waals surface area contributed by atoms with Crippen LogP contribution < -0.4 is 10.1 Å². The van der Waals surface area contributed by atoms with Gasteiger partial charge in [-0.05, 0) is 25.1 Å². The molecule has 0 spiro atoms. The number of aryl methyl sites for hydroxylation is 1. The van der Waals surface area contributed by atoms with Crippen LogP contribution in [0.3, 0.4) is 0 Å².